The van der Waals surface area contributed by atoms with Crippen molar-refractivity contribution in [1.82, 2.24) is 9.97 Å². The Morgan fingerprint density at radius 1 is 1.35 bits per heavy atom. The topological polar surface area (TPSA) is 51.8 Å². The number of hydrogen-bond donors (Lipinski definition) is 1. The van der Waals surface area contributed by atoms with Crippen LogP contribution in [0.5, 0.6) is 0 Å². The van der Waals surface area contributed by atoms with Gasteiger partial charge in [-0.1, -0.05) is 26.2 Å². The third-order valence-corrected chi connectivity index (χ3v) is 4.01. The lowest BCUT2D eigenvalue weighted by Crippen LogP contribution is -2.28. The van der Waals surface area contributed by atoms with Gasteiger partial charge in [-0.15, -0.1) is 0 Å². The second-order valence-corrected chi connectivity index (χ2v) is 5.35. The van der Waals surface area contributed by atoms with Crippen molar-refractivity contribution in [3.05, 3.63) is 23.8 Å². The molecule has 3 nitrogen and oxygen atoms in total. The molecule has 0 spiro atoms. The Morgan fingerprint density at radius 3 is 2.71 bits per heavy atom. The van der Waals surface area contributed by atoms with Gasteiger partial charge >= 0.3 is 0 Å². The molecule has 3 heteroatoms. The summed E-state index contributed by atoms with van der Waals surface area (Å²) in [6, 6.07) is 0.0185. The molecule has 0 bridgehead atoms. The molecule has 1 aliphatic rings. The molecule has 1 heterocycles. The Kier molecular flexibility index (Phi) is 4.11. The molecular weight excluding hydrogens is 210 g/mol. The highest BCUT2D eigenvalue weighted by Crippen LogP contribution is 2.36. The van der Waals surface area contributed by atoms with Crippen LogP contribution < -0.4 is 5.73 Å². The van der Waals surface area contributed by atoms with Crippen molar-refractivity contribution in [3.63, 3.8) is 0 Å². The molecule has 3 atom stereocenters. The molecule has 17 heavy (non-hydrogen) atoms. The van der Waals surface area contributed by atoms with Crippen LogP contribution in [0.15, 0.2) is 12.4 Å². The molecule has 0 amide bonds. The Morgan fingerprint density at radius 2 is 2.06 bits per heavy atom. The molecule has 94 valence electrons. The standard InChI is InChI=1S/C14H23N3/c1-3-11-5-4-6-12(7-11)13(15)14-16-8-10(2)9-17-14/h8-9,11-13H,3-7,15H2,1-2H3. The van der Waals surface area contributed by atoms with Crippen molar-refractivity contribution >= 4 is 0 Å². The number of aromatic nitrogens is 2. The molecule has 0 radical (unpaired) electrons. The Labute approximate surface area is 104 Å². The molecule has 0 saturated heterocycles. The van der Waals surface area contributed by atoms with E-state index in [4.69, 9.17) is 5.73 Å². The minimum Gasteiger partial charge on any atom is -0.321 e. The van der Waals surface area contributed by atoms with E-state index < -0.39 is 0 Å². The van der Waals surface area contributed by atoms with Gasteiger partial charge in [0, 0.05) is 12.4 Å². The molecule has 1 fully saturated rings. The first-order chi connectivity index (χ1) is 8.20. The average molecular weight is 233 g/mol. The predicted octanol–water partition coefficient (Wildman–Crippen LogP) is 3.00. The van der Waals surface area contributed by atoms with Gasteiger partial charge in [0.15, 0.2) is 0 Å². The van der Waals surface area contributed by atoms with E-state index in [1.165, 1.54) is 32.1 Å². The van der Waals surface area contributed by atoms with Crippen LogP contribution in [0.25, 0.3) is 0 Å². The van der Waals surface area contributed by atoms with Gasteiger partial charge in [-0.2, -0.15) is 0 Å². The molecule has 1 saturated carbocycles. The summed E-state index contributed by atoms with van der Waals surface area (Å²) in [5.74, 6) is 2.24. The highest BCUT2D eigenvalue weighted by atomic mass is 14.9. The number of nitrogens with zero attached hydrogens (tertiary/aromatic N) is 2. The van der Waals surface area contributed by atoms with Gasteiger partial charge in [-0.05, 0) is 37.2 Å². The third-order valence-electron chi connectivity index (χ3n) is 4.01. The second-order valence-electron chi connectivity index (χ2n) is 5.35. The summed E-state index contributed by atoms with van der Waals surface area (Å²) in [4.78, 5) is 8.74. The molecular formula is C14H23N3. The van der Waals surface area contributed by atoms with E-state index in [9.17, 15) is 0 Å². The van der Waals surface area contributed by atoms with E-state index in [1.54, 1.807) is 0 Å². The zero-order valence-electron chi connectivity index (χ0n) is 10.9. The number of rotatable bonds is 3. The monoisotopic (exact) mass is 233 g/mol. The van der Waals surface area contributed by atoms with Gasteiger partial charge in [-0.25, -0.2) is 9.97 Å². The van der Waals surface area contributed by atoms with E-state index in [0.29, 0.717) is 5.92 Å². The quantitative estimate of drug-likeness (QED) is 0.873. The van der Waals surface area contributed by atoms with Gasteiger partial charge in [0.1, 0.15) is 5.82 Å². The molecule has 2 N–H and O–H groups in total. The summed E-state index contributed by atoms with van der Waals surface area (Å²) in [5, 5.41) is 0. The summed E-state index contributed by atoms with van der Waals surface area (Å²) in [7, 11) is 0. The van der Waals surface area contributed by atoms with Crippen LogP contribution in [-0.4, -0.2) is 9.97 Å². The Hall–Kier alpha value is -0.960. The van der Waals surface area contributed by atoms with Crippen molar-refractivity contribution in [3.8, 4) is 0 Å². The first kappa shape index (κ1) is 12.5. The highest BCUT2D eigenvalue weighted by molar-refractivity contribution is 5.05. The normalized spacial score (nSPS) is 26.8. The molecule has 2 rings (SSSR count). The minimum atomic E-state index is 0.0185. The summed E-state index contributed by atoms with van der Waals surface area (Å²) in [6.45, 7) is 4.28. The van der Waals surface area contributed by atoms with Crippen LogP contribution in [0.1, 0.15) is 56.5 Å². The average Bonchev–Trinajstić information content (AvgIpc) is 2.39. The lowest BCUT2D eigenvalue weighted by Gasteiger charge is -2.31. The van der Waals surface area contributed by atoms with Crippen LogP contribution in [0.2, 0.25) is 0 Å². The molecule has 1 aliphatic carbocycles. The van der Waals surface area contributed by atoms with Gasteiger partial charge < -0.3 is 5.73 Å². The van der Waals surface area contributed by atoms with Crippen molar-refractivity contribution in [2.24, 2.45) is 17.6 Å². The van der Waals surface area contributed by atoms with Crippen LogP contribution in [-0.2, 0) is 0 Å². The third kappa shape index (κ3) is 3.03. The molecule has 1 aromatic rings. The Bertz CT molecular complexity index is 347. The first-order valence-electron chi connectivity index (χ1n) is 6.74. The van der Waals surface area contributed by atoms with Gasteiger partial charge in [0.05, 0.1) is 6.04 Å². The second kappa shape index (κ2) is 5.58. The lowest BCUT2D eigenvalue weighted by molar-refractivity contribution is 0.226. The van der Waals surface area contributed by atoms with Crippen molar-refractivity contribution in [2.45, 2.75) is 52.0 Å². The predicted molar refractivity (Wildman–Crippen MR) is 69.4 cm³/mol. The first-order valence-corrected chi connectivity index (χ1v) is 6.74. The maximum absolute atomic E-state index is 6.31. The summed E-state index contributed by atoms with van der Waals surface area (Å²) in [6.07, 6.45) is 10.2. The largest absolute Gasteiger partial charge is 0.321 e. The van der Waals surface area contributed by atoms with Crippen LogP contribution in [0.4, 0.5) is 0 Å². The van der Waals surface area contributed by atoms with Crippen molar-refractivity contribution in [2.75, 3.05) is 0 Å². The smallest absolute Gasteiger partial charge is 0.145 e. The van der Waals surface area contributed by atoms with Crippen molar-refractivity contribution in [1.29, 1.82) is 0 Å². The fourth-order valence-corrected chi connectivity index (χ4v) is 2.82. The summed E-state index contributed by atoms with van der Waals surface area (Å²) in [5.41, 5.74) is 7.41. The summed E-state index contributed by atoms with van der Waals surface area (Å²) >= 11 is 0. The fraction of sp³-hybridized carbons (Fsp3) is 0.714. The maximum atomic E-state index is 6.31. The zero-order chi connectivity index (χ0) is 12.3. The number of nitrogens with two attached hydrogens (primary N) is 1. The van der Waals surface area contributed by atoms with E-state index in [1.807, 2.05) is 19.3 Å². The van der Waals surface area contributed by atoms with E-state index in [0.717, 1.165) is 17.3 Å². The van der Waals surface area contributed by atoms with Gasteiger partial charge in [0.25, 0.3) is 0 Å². The van der Waals surface area contributed by atoms with Gasteiger partial charge in [0.2, 0.25) is 0 Å². The van der Waals surface area contributed by atoms with E-state index in [2.05, 4.69) is 16.9 Å². The van der Waals surface area contributed by atoms with Gasteiger partial charge in [-0.3, -0.25) is 0 Å². The maximum Gasteiger partial charge on any atom is 0.145 e. The van der Waals surface area contributed by atoms with E-state index >= 15 is 0 Å². The van der Waals surface area contributed by atoms with E-state index in [-0.39, 0.29) is 6.04 Å². The fourth-order valence-electron chi connectivity index (χ4n) is 2.82. The minimum absolute atomic E-state index is 0.0185. The highest BCUT2D eigenvalue weighted by Gasteiger charge is 2.27. The molecule has 0 aliphatic heterocycles. The molecule has 1 aromatic heterocycles. The zero-order valence-corrected chi connectivity index (χ0v) is 10.9. The van der Waals surface area contributed by atoms with Crippen LogP contribution in [0.3, 0.4) is 0 Å². The van der Waals surface area contributed by atoms with Crippen molar-refractivity contribution < 1.29 is 0 Å². The lowest BCUT2D eigenvalue weighted by atomic mass is 9.77. The molecule has 3 unspecified atom stereocenters. The number of hydrogen-bond acceptors (Lipinski definition) is 3. The number of aryl methyl sites for hydroxylation is 1. The van der Waals surface area contributed by atoms with Crippen LogP contribution >= 0.6 is 0 Å². The molecule has 0 aromatic carbocycles. The van der Waals surface area contributed by atoms with Crippen LogP contribution in [0, 0.1) is 18.8 Å². The SMILES string of the molecule is CCC1CCCC(C(N)c2ncc(C)cn2)C1. The Balaban J connectivity index is 2.03. The summed E-state index contributed by atoms with van der Waals surface area (Å²) < 4.78 is 0.